The highest BCUT2D eigenvalue weighted by atomic mass is 16.1. The Morgan fingerprint density at radius 2 is 2.05 bits per heavy atom. The van der Waals surface area contributed by atoms with E-state index in [0.29, 0.717) is 24.8 Å². The van der Waals surface area contributed by atoms with Crippen LogP contribution in [-0.2, 0) is 0 Å². The van der Waals surface area contributed by atoms with Crippen molar-refractivity contribution >= 4 is 23.0 Å². The first kappa shape index (κ1) is 15.3. The minimum Gasteiger partial charge on any atom is -0.330 e. The summed E-state index contributed by atoms with van der Waals surface area (Å²) in [6, 6.07) is 8.38. The second-order valence-electron chi connectivity index (χ2n) is 4.99. The Morgan fingerprint density at radius 1 is 1.29 bits per heavy atom. The van der Waals surface area contributed by atoms with Crippen molar-refractivity contribution in [3.63, 3.8) is 0 Å². The summed E-state index contributed by atoms with van der Waals surface area (Å²) < 4.78 is 0. The SMILES string of the molecule is NCCCC[C@@H](N)C(=O)c1nc2ccccc2cc1C=O. The maximum Gasteiger partial charge on any atom is 0.198 e. The zero-order valence-corrected chi connectivity index (χ0v) is 11.8. The highest BCUT2D eigenvalue weighted by Gasteiger charge is 2.20. The number of aldehydes is 1. The van der Waals surface area contributed by atoms with E-state index < -0.39 is 6.04 Å². The van der Waals surface area contributed by atoms with Crippen LogP contribution in [-0.4, -0.2) is 29.6 Å². The van der Waals surface area contributed by atoms with E-state index >= 15 is 0 Å². The summed E-state index contributed by atoms with van der Waals surface area (Å²) in [5.41, 5.74) is 12.5. The Hall–Kier alpha value is -2.11. The maximum atomic E-state index is 12.4. The average molecular weight is 285 g/mol. The van der Waals surface area contributed by atoms with Crippen LogP contribution in [0.1, 0.15) is 40.1 Å². The van der Waals surface area contributed by atoms with E-state index in [-0.39, 0.29) is 17.0 Å². The van der Waals surface area contributed by atoms with Crippen LogP contribution in [0.2, 0.25) is 0 Å². The summed E-state index contributed by atoms with van der Waals surface area (Å²) in [5, 5.41) is 0.827. The number of carbonyl (C=O) groups excluding carboxylic acids is 2. The number of benzene rings is 1. The standard InChI is InChI=1S/C16H19N3O2/c17-8-4-3-6-13(18)16(21)15-12(10-20)9-11-5-1-2-7-14(11)19-15/h1-2,5,7,9-10,13H,3-4,6,8,17-18H2/t13-/m1/s1. The van der Waals surface area contributed by atoms with Gasteiger partial charge in [-0.1, -0.05) is 24.6 Å². The van der Waals surface area contributed by atoms with Gasteiger partial charge in [0.05, 0.1) is 11.6 Å². The molecule has 21 heavy (non-hydrogen) atoms. The Bertz CT molecular complexity index is 655. The van der Waals surface area contributed by atoms with Crippen molar-refractivity contribution in [2.75, 3.05) is 6.54 Å². The molecule has 0 aliphatic carbocycles. The molecule has 0 fully saturated rings. The van der Waals surface area contributed by atoms with Crippen molar-refractivity contribution in [1.82, 2.24) is 4.98 Å². The zero-order chi connectivity index (χ0) is 15.2. The van der Waals surface area contributed by atoms with Gasteiger partial charge in [-0.3, -0.25) is 9.59 Å². The number of nitrogens with two attached hydrogens (primary N) is 2. The van der Waals surface area contributed by atoms with Gasteiger partial charge in [0.2, 0.25) is 0 Å². The number of nitrogens with zero attached hydrogens (tertiary/aromatic N) is 1. The minimum atomic E-state index is -0.649. The predicted molar refractivity (Wildman–Crippen MR) is 82.3 cm³/mol. The lowest BCUT2D eigenvalue weighted by molar-refractivity contribution is 0.0946. The number of fused-ring (bicyclic) bond motifs is 1. The largest absolute Gasteiger partial charge is 0.330 e. The molecule has 5 nitrogen and oxygen atoms in total. The molecule has 5 heteroatoms. The Kier molecular flexibility index (Phi) is 5.14. The van der Waals surface area contributed by atoms with E-state index in [4.69, 9.17) is 11.5 Å². The third-order valence-corrected chi connectivity index (χ3v) is 3.42. The second kappa shape index (κ2) is 7.06. The number of carbonyl (C=O) groups is 2. The number of hydrogen-bond donors (Lipinski definition) is 2. The van der Waals surface area contributed by atoms with Crippen LogP contribution >= 0.6 is 0 Å². The quantitative estimate of drug-likeness (QED) is 0.458. The molecule has 0 amide bonds. The van der Waals surface area contributed by atoms with E-state index in [1.54, 1.807) is 12.1 Å². The maximum absolute atomic E-state index is 12.4. The average Bonchev–Trinajstić information content (AvgIpc) is 2.52. The molecule has 1 aromatic heterocycles. The normalized spacial score (nSPS) is 12.3. The Balaban J connectivity index is 2.31. The molecular weight excluding hydrogens is 266 g/mol. The van der Waals surface area contributed by atoms with Gasteiger partial charge < -0.3 is 11.5 Å². The molecule has 110 valence electrons. The zero-order valence-electron chi connectivity index (χ0n) is 11.8. The van der Waals surface area contributed by atoms with Gasteiger partial charge in [0.1, 0.15) is 5.69 Å². The molecule has 0 aliphatic heterocycles. The van der Waals surface area contributed by atoms with Crippen LogP contribution < -0.4 is 11.5 Å². The van der Waals surface area contributed by atoms with E-state index in [0.717, 1.165) is 18.2 Å². The smallest absolute Gasteiger partial charge is 0.198 e. The van der Waals surface area contributed by atoms with Crippen molar-refractivity contribution in [2.45, 2.75) is 25.3 Å². The predicted octanol–water partition coefficient (Wildman–Crippen LogP) is 1.69. The molecule has 0 aliphatic rings. The number of Topliss-reactive ketones (excluding diaryl/α,β-unsaturated/α-hetero) is 1. The van der Waals surface area contributed by atoms with Gasteiger partial charge in [0.25, 0.3) is 0 Å². The van der Waals surface area contributed by atoms with Gasteiger partial charge in [0, 0.05) is 10.9 Å². The van der Waals surface area contributed by atoms with Crippen molar-refractivity contribution in [2.24, 2.45) is 11.5 Å². The fourth-order valence-corrected chi connectivity index (χ4v) is 2.23. The highest BCUT2D eigenvalue weighted by molar-refractivity contribution is 6.06. The van der Waals surface area contributed by atoms with Crippen LogP contribution in [0.4, 0.5) is 0 Å². The monoisotopic (exact) mass is 285 g/mol. The molecule has 2 aromatic rings. The molecule has 1 atom stereocenters. The van der Waals surface area contributed by atoms with Gasteiger partial charge in [-0.05, 0) is 31.5 Å². The van der Waals surface area contributed by atoms with E-state index in [9.17, 15) is 9.59 Å². The summed E-state index contributed by atoms with van der Waals surface area (Å²) in [5.74, 6) is -0.292. The molecule has 1 heterocycles. The van der Waals surface area contributed by atoms with Crippen molar-refractivity contribution in [3.8, 4) is 0 Å². The molecule has 4 N–H and O–H groups in total. The van der Waals surface area contributed by atoms with Gasteiger partial charge in [0.15, 0.2) is 12.1 Å². The van der Waals surface area contributed by atoms with E-state index in [2.05, 4.69) is 4.98 Å². The minimum absolute atomic E-state index is 0.156. The number of aromatic nitrogens is 1. The van der Waals surface area contributed by atoms with E-state index in [1.165, 1.54) is 0 Å². The molecule has 2 rings (SSSR count). The summed E-state index contributed by atoms with van der Waals surface area (Å²) in [6.07, 6.45) is 2.81. The number of hydrogen-bond acceptors (Lipinski definition) is 5. The van der Waals surface area contributed by atoms with Gasteiger partial charge in [-0.2, -0.15) is 0 Å². The van der Waals surface area contributed by atoms with Crippen LogP contribution in [0.25, 0.3) is 10.9 Å². The highest BCUT2D eigenvalue weighted by Crippen LogP contribution is 2.17. The molecule has 1 aromatic carbocycles. The van der Waals surface area contributed by atoms with Crippen LogP contribution in [0.5, 0.6) is 0 Å². The Labute approximate surface area is 123 Å². The third-order valence-electron chi connectivity index (χ3n) is 3.42. The van der Waals surface area contributed by atoms with Gasteiger partial charge >= 0.3 is 0 Å². The number of para-hydroxylation sites is 1. The molecule has 0 saturated heterocycles. The first-order valence-corrected chi connectivity index (χ1v) is 7.02. The van der Waals surface area contributed by atoms with Crippen LogP contribution in [0.15, 0.2) is 30.3 Å². The number of rotatable bonds is 7. The summed E-state index contributed by atoms with van der Waals surface area (Å²) >= 11 is 0. The summed E-state index contributed by atoms with van der Waals surface area (Å²) in [7, 11) is 0. The number of pyridine rings is 1. The molecule has 0 bridgehead atoms. The first-order chi connectivity index (χ1) is 10.2. The first-order valence-electron chi connectivity index (χ1n) is 7.02. The van der Waals surface area contributed by atoms with Crippen LogP contribution in [0.3, 0.4) is 0 Å². The van der Waals surface area contributed by atoms with Crippen molar-refractivity contribution < 1.29 is 9.59 Å². The number of ketones is 1. The second-order valence-corrected chi connectivity index (χ2v) is 4.99. The number of unbranched alkanes of at least 4 members (excludes halogenated alkanes) is 1. The van der Waals surface area contributed by atoms with Crippen molar-refractivity contribution in [1.29, 1.82) is 0 Å². The lowest BCUT2D eigenvalue weighted by atomic mass is 10.00. The topological polar surface area (TPSA) is 99.1 Å². The fourth-order valence-electron chi connectivity index (χ4n) is 2.23. The summed E-state index contributed by atoms with van der Waals surface area (Å²) in [6.45, 7) is 0.578. The molecule has 0 saturated carbocycles. The molecule has 0 radical (unpaired) electrons. The van der Waals surface area contributed by atoms with Gasteiger partial charge in [-0.25, -0.2) is 4.98 Å². The lowest BCUT2D eigenvalue weighted by Gasteiger charge is -2.12. The Morgan fingerprint density at radius 3 is 2.76 bits per heavy atom. The van der Waals surface area contributed by atoms with Crippen LogP contribution in [0, 0.1) is 0 Å². The molecule has 0 unspecified atom stereocenters. The molecule has 0 spiro atoms. The summed E-state index contributed by atoms with van der Waals surface area (Å²) in [4.78, 5) is 27.9. The lowest BCUT2D eigenvalue weighted by Crippen LogP contribution is -2.32. The fraction of sp³-hybridized carbons (Fsp3) is 0.312. The third kappa shape index (κ3) is 3.51. The van der Waals surface area contributed by atoms with Gasteiger partial charge in [-0.15, -0.1) is 0 Å². The molecular formula is C16H19N3O2. The van der Waals surface area contributed by atoms with Crippen molar-refractivity contribution in [3.05, 3.63) is 41.6 Å². The van der Waals surface area contributed by atoms with E-state index in [1.807, 2.05) is 18.2 Å².